The maximum atomic E-state index is 14.6. The molecular formula is C30H29ClN4O2S. The molecule has 0 amide bonds. The molecule has 0 spiro atoms. The molecule has 0 saturated carbocycles. The number of phenols is 1. The van der Waals surface area contributed by atoms with Crippen LogP contribution in [0.15, 0.2) is 83.9 Å². The molecule has 5 rings (SSSR count). The van der Waals surface area contributed by atoms with E-state index in [2.05, 4.69) is 28.7 Å². The van der Waals surface area contributed by atoms with E-state index in [9.17, 15) is 9.32 Å². The van der Waals surface area contributed by atoms with Gasteiger partial charge in [0.1, 0.15) is 5.75 Å². The summed E-state index contributed by atoms with van der Waals surface area (Å²) >= 11 is 6.30. The van der Waals surface area contributed by atoms with Crippen molar-refractivity contribution in [1.82, 2.24) is 14.9 Å². The molecule has 1 atom stereocenters. The van der Waals surface area contributed by atoms with E-state index in [4.69, 9.17) is 11.6 Å². The predicted molar refractivity (Wildman–Crippen MR) is 157 cm³/mol. The highest BCUT2D eigenvalue weighted by Crippen LogP contribution is 2.39. The first-order chi connectivity index (χ1) is 18.4. The summed E-state index contributed by atoms with van der Waals surface area (Å²) in [6.07, 6.45) is 1.71. The van der Waals surface area contributed by atoms with Gasteiger partial charge in [-0.25, -0.2) is 4.21 Å². The Morgan fingerprint density at radius 1 is 0.974 bits per heavy atom. The highest BCUT2D eigenvalue weighted by atomic mass is 35.5. The number of hydrogen-bond acceptors (Lipinski definition) is 5. The molecule has 194 valence electrons. The zero-order chi connectivity index (χ0) is 26.8. The fourth-order valence-corrected chi connectivity index (χ4v) is 6.16. The van der Waals surface area contributed by atoms with E-state index in [1.807, 2.05) is 67.6 Å². The average Bonchev–Trinajstić information content (AvgIpc) is 2.92. The molecule has 0 aliphatic carbocycles. The van der Waals surface area contributed by atoms with Gasteiger partial charge in [0.15, 0.2) is 11.0 Å². The fraction of sp³-hybridized carbons (Fsp3) is 0.200. The number of rotatable bonds is 8. The third kappa shape index (κ3) is 5.10. The maximum Gasteiger partial charge on any atom is 0.159 e. The van der Waals surface area contributed by atoms with Gasteiger partial charge in [-0.2, -0.15) is 0 Å². The van der Waals surface area contributed by atoms with Crippen molar-refractivity contribution in [1.29, 1.82) is 0 Å². The van der Waals surface area contributed by atoms with Gasteiger partial charge >= 0.3 is 0 Å². The highest BCUT2D eigenvalue weighted by Gasteiger charge is 2.25. The van der Waals surface area contributed by atoms with Crippen LogP contribution < -0.4 is 4.31 Å². The van der Waals surface area contributed by atoms with Gasteiger partial charge in [0.2, 0.25) is 0 Å². The van der Waals surface area contributed by atoms with Crippen molar-refractivity contribution in [2.75, 3.05) is 17.4 Å². The van der Waals surface area contributed by atoms with Gasteiger partial charge in [-0.15, -0.1) is 0 Å². The molecule has 6 nitrogen and oxygen atoms in total. The molecule has 1 unspecified atom stereocenters. The van der Waals surface area contributed by atoms with Crippen LogP contribution in [0.2, 0.25) is 5.02 Å². The van der Waals surface area contributed by atoms with Crippen LogP contribution in [0, 0.1) is 6.92 Å². The third-order valence-electron chi connectivity index (χ3n) is 6.63. The van der Waals surface area contributed by atoms with Crippen molar-refractivity contribution in [3.63, 3.8) is 0 Å². The molecule has 0 saturated heterocycles. The molecule has 3 aromatic carbocycles. The Hall–Kier alpha value is -3.52. The molecule has 0 aliphatic heterocycles. The van der Waals surface area contributed by atoms with Crippen LogP contribution in [-0.4, -0.2) is 37.3 Å². The van der Waals surface area contributed by atoms with E-state index in [-0.39, 0.29) is 5.75 Å². The molecule has 38 heavy (non-hydrogen) atoms. The van der Waals surface area contributed by atoms with E-state index >= 15 is 0 Å². The van der Waals surface area contributed by atoms with Crippen LogP contribution in [0.3, 0.4) is 0 Å². The number of fused-ring (bicyclic) bond motifs is 2. The lowest BCUT2D eigenvalue weighted by Gasteiger charge is -2.27. The van der Waals surface area contributed by atoms with Crippen molar-refractivity contribution in [3.8, 4) is 5.75 Å². The Morgan fingerprint density at radius 3 is 2.55 bits per heavy atom. The molecule has 1 N–H and O–H groups in total. The summed E-state index contributed by atoms with van der Waals surface area (Å²) in [5.74, 6) is 0.209. The molecule has 2 aromatic heterocycles. The van der Waals surface area contributed by atoms with Crippen molar-refractivity contribution >= 4 is 55.8 Å². The van der Waals surface area contributed by atoms with Crippen LogP contribution in [0.5, 0.6) is 5.75 Å². The van der Waals surface area contributed by atoms with E-state index in [0.29, 0.717) is 33.2 Å². The first-order valence-electron chi connectivity index (χ1n) is 12.6. The maximum absolute atomic E-state index is 14.6. The average molecular weight is 545 g/mol. The lowest BCUT2D eigenvalue weighted by atomic mass is 10.1. The molecule has 0 aliphatic rings. The zero-order valence-electron chi connectivity index (χ0n) is 21.6. The minimum atomic E-state index is -1.68. The van der Waals surface area contributed by atoms with E-state index in [0.717, 1.165) is 40.8 Å². The molecule has 5 aromatic rings. The normalized spacial score (nSPS) is 12.3. The Balaban J connectivity index is 1.75. The van der Waals surface area contributed by atoms with Crippen LogP contribution >= 0.6 is 11.6 Å². The highest BCUT2D eigenvalue weighted by molar-refractivity contribution is 7.87. The number of pyridine rings is 2. The van der Waals surface area contributed by atoms with Gasteiger partial charge in [0.05, 0.1) is 27.3 Å². The number of nitrogens with zero attached hydrogens (tertiary/aromatic N) is 4. The standard InChI is InChI=1S/C30H29ClN4O2S/c1-4-34(5-2)19-22-17-24(12-14-28(22)36)35(27-16-20(3)33-26-18-23(31)11-13-25(26)27)38(37)29-10-6-8-21-9-7-15-32-30(21)29/h6-18,36H,4-5,19H2,1-3H3. The van der Waals surface area contributed by atoms with Gasteiger partial charge in [-0.05, 0) is 74.6 Å². The van der Waals surface area contributed by atoms with E-state index < -0.39 is 11.0 Å². The van der Waals surface area contributed by atoms with Crippen molar-refractivity contribution in [3.05, 3.63) is 95.3 Å². The number of anilines is 2. The fourth-order valence-electron chi connectivity index (χ4n) is 4.63. The quantitative estimate of drug-likeness (QED) is 0.224. The van der Waals surface area contributed by atoms with Crippen LogP contribution in [-0.2, 0) is 17.5 Å². The molecule has 0 bridgehead atoms. The zero-order valence-corrected chi connectivity index (χ0v) is 23.1. The van der Waals surface area contributed by atoms with Gasteiger partial charge < -0.3 is 5.11 Å². The molecule has 2 heterocycles. The van der Waals surface area contributed by atoms with Gasteiger partial charge in [-0.3, -0.25) is 19.2 Å². The number of benzene rings is 3. The Kier molecular flexibility index (Phi) is 7.61. The number of para-hydroxylation sites is 1. The number of aromatic hydroxyl groups is 1. The summed E-state index contributed by atoms with van der Waals surface area (Å²) in [6.45, 7) is 8.38. The summed E-state index contributed by atoms with van der Waals surface area (Å²) in [4.78, 5) is 12.1. The molecular weight excluding hydrogens is 516 g/mol. The summed E-state index contributed by atoms with van der Waals surface area (Å²) in [5, 5.41) is 13.0. The lowest BCUT2D eigenvalue weighted by Crippen LogP contribution is -2.24. The van der Waals surface area contributed by atoms with Crippen LogP contribution in [0.1, 0.15) is 25.1 Å². The topological polar surface area (TPSA) is 69.6 Å². The number of phenolic OH excluding ortho intramolecular Hbond substituents is 1. The first kappa shape index (κ1) is 26.1. The van der Waals surface area contributed by atoms with E-state index in [1.54, 1.807) is 22.6 Å². The third-order valence-corrected chi connectivity index (χ3v) is 8.31. The lowest BCUT2D eigenvalue weighted by molar-refractivity contribution is 0.291. The Morgan fingerprint density at radius 2 is 1.76 bits per heavy atom. The summed E-state index contributed by atoms with van der Waals surface area (Å²) in [7, 11) is -1.68. The monoisotopic (exact) mass is 544 g/mol. The minimum absolute atomic E-state index is 0.209. The van der Waals surface area contributed by atoms with Gasteiger partial charge in [0.25, 0.3) is 0 Å². The first-order valence-corrected chi connectivity index (χ1v) is 14.0. The number of aromatic nitrogens is 2. The number of hydrogen-bond donors (Lipinski definition) is 1. The Bertz CT molecular complexity index is 1640. The predicted octanol–water partition coefficient (Wildman–Crippen LogP) is 7.15. The molecule has 8 heteroatoms. The van der Waals surface area contributed by atoms with Crippen molar-refractivity contribution < 1.29 is 9.32 Å². The second-order valence-corrected chi connectivity index (χ2v) is 10.8. The van der Waals surface area contributed by atoms with Gasteiger partial charge in [-0.1, -0.05) is 43.6 Å². The van der Waals surface area contributed by atoms with Crippen molar-refractivity contribution in [2.24, 2.45) is 0 Å². The smallest absolute Gasteiger partial charge is 0.159 e. The van der Waals surface area contributed by atoms with Crippen LogP contribution in [0.4, 0.5) is 11.4 Å². The molecule has 0 fully saturated rings. The van der Waals surface area contributed by atoms with E-state index in [1.165, 1.54) is 0 Å². The summed E-state index contributed by atoms with van der Waals surface area (Å²) in [6, 6.07) is 22.4. The second-order valence-electron chi connectivity index (χ2n) is 9.09. The number of aryl methyl sites for hydroxylation is 1. The SMILES string of the molecule is CCN(CC)Cc1cc(N(c2cc(C)nc3cc(Cl)ccc23)S(=O)c2cccc3cccnc23)ccc1O. The van der Waals surface area contributed by atoms with Gasteiger partial charge in [0, 0.05) is 39.8 Å². The summed E-state index contributed by atoms with van der Waals surface area (Å²) < 4.78 is 16.4. The molecule has 0 radical (unpaired) electrons. The largest absolute Gasteiger partial charge is 0.508 e. The van der Waals surface area contributed by atoms with Crippen molar-refractivity contribution in [2.45, 2.75) is 32.2 Å². The summed E-state index contributed by atoms with van der Waals surface area (Å²) in [5.41, 5.74) is 4.36. The number of halogens is 1. The minimum Gasteiger partial charge on any atom is -0.508 e. The van der Waals surface area contributed by atoms with Crippen LogP contribution in [0.25, 0.3) is 21.8 Å². The second kappa shape index (κ2) is 11.1. The Labute approximate surface area is 230 Å².